The maximum atomic E-state index is 5.46. The van der Waals surface area contributed by atoms with Gasteiger partial charge in [0.05, 0.1) is 5.92 Å². The predicted octanol–water partition coefficient (Wildman–Crippen LogP) is 3.63. The molecule has 3 heterocycles. The van der Waals surface area contributed by atoms with Gasteiger partial charge in [-0.2, -0.15) is 16.3 Å². The second-order valence-electron chi connectivity index (χ2n) is 5.85. The number of hydrogen-bond donors (Lipinski definition) is 0. The lowest BCUT2D eigenvalue weighted by Gasteiger charge is -2.30. The number of rotatable bonds is 4. The maximum Gasteiger partial charge on any atom is 0.231 e. The molecule has 3 rings (SSSR count). The first-order chi connectivity index (χ1) is 9.72. The highest BCUT2D eigenvalue weighted by Gasteiger charge is 2.26. The average molecular weight is 291 g/mol. The van der Waals surface area contributed by atoms with Gasteiger partial charge in [-0.3, -0.25) is 4.90 Å². The third-order valence-corrected chi connectivity index (χ3v) is 4.55. The number of piperidine rings is 1. The van der Waals surface area contributed by atoms with Gasteiger partial charge >= 0.3 is 0 Å². The Morgan fingerprint density at radius 2 is 2.40 bits per heavy atom. The van der Waals surface area contributed by atoms with Crippen LogP contribution < -0.4 is 0 Å². The molecule has 1 unspecified atom stereocenters. The van der Waals surface area contributed by atoms with Gasteiger partial charge in [-0.1, -0.05) is 19.0 Å². The van der Waals surface area contributed by atoms with E-state index in [0.717, 1.165) is 37.8 Å². The number of likely N-dealkylation sites (tertiary alicyclic amines) is 1. The van der Waals surface area contributed by atoms with E-state index in [0.29, 0.717) is 11.8 Å². The molecule has 2 aromatic heterocycles. The molecule has 4 nitrogen and oxygen atoms in total. The standard InChI is InChI=1S/C15H21N3OS/c1-11(2)14-16-15(19-17-14)13-4-3-6-18(9-13)8-12-5-7-20-10-12/h5,7,10-11,13H,3-4,6,8-9H2,1-2H3. The quantitative estimate of drug-likeness (QED) is 0.862. The van der Waals surface area contributed by atoms with Gasteiger partial charge in [-0.25, -0.2) is 0 Å². The molecule has 108 valence electrons. The van der Waals surface area contributed by atoms with E-state index in [1.54, 1.807) is 11.3 Å². The zero-order valence-electron chi connectivity index (χ0n) is 12.1. The Balaban J connectivity index is 1.65. The van der Waals surface area contributed by atoms with Crippen molar-refractivity contribution < 1.29 is 4.52 Å². The van der Waals surface area contributed by atoms with Crippen LogP contribution in [0.1, 0.15) is 55.8 Å². The molecule has 0 amide bonds. The molecule has 0 aromatic carbocycles. The molecular formula is C15H21N3OS. The van der Waals surface area contributed by atoms with E-state index in [4.69, 9.17) is 4.52 Å². The van der Waals surface area contributed by atoms with E-state index in [1.165, 1.54) is 12.0 Å². The second kappa shape index (κ2) is 6.06. The highest BCUT2D eigenvalue weighted by atomic mass is 32.1. The topological polar surface area (TPSA) is 42.2 Å². The lowest BCUT2D eigenvalue weighted by molar-refractivity contribution is 0.180. The average Bonchev–Trinajstić information content (AvgIpc) is 3.09. The van der Waals surface area contributed by atoms with Crippen LogP contribution in [0.3, 0.4) is 0 Å². The number of aromatic nitrogens is 2. The maximum absolute atomic E-state index is 5.46. The van der Waals surface area contributed by atoms with E-state index in [-0.39, 0.29) is 0 Å². The van der Waals surface area contributed by atoms with Crippen molar-refractivity contribution in [2.45, 2.75) is 45.1 Å². The Bertz CT molecular complexity index is 535. The molecular weight excluding hydrogens is 270 g/mol. The summed E-state index contributed by atoms with van der Waals surface area (Å²) in [7, 11) is 0. The Morgan fingerprint density at radius 3 is 3.10 bits per heavy atom. The first-order valence-electron chi connectivity index (χ1n) is 7.29. The van der Waals surface area contributed by atoms with Gasteiger partial charge in [0, 0.05) is 19.0 Å². The molecule has 0 aliphatic carbocycles. The minimum absolute atomic E-state index is 0.331. The van der Waals surface area contributed by atoms with E-state index < -0.39 is 0 Å². The largest absolute Gasteiger partial charge is 0.339 e. The third-order valence-electron chi connectivity index (χ3n) is 3.81. The Morgan fingerprint density at radius 1 is 1.50 bits per heavy atom. The first-order valence-corrected chi connectivity index (χ1v) is 8.23. The summed E-state index contributed by atoms with van der Waals surface area (Å²) in [5.74, 6) is 2.37. The zero-order chi connectivity index (χ0) is 13.9. The SMILES string of the molecule is CC(C)c1noc(C2CCCN(Cc3ccsc3)C2)n1. The van der Waals surface area contributed by atoms with Crippen molar-refractivity contribution in [2.75, 3.05) is 13.1 Å². The zero-order valence-corrected chi connectivity index (χ0v) is 12.9. The summed E-state index contributed by atoms with van der Waals surface area (Å²) in [6, 6.07) is 2.21. The fourth-order valence-corrected chi connectivity index (χ4v) is 3.35. The predicted molar refractivity (Wildman–Crippen MR) is 80.0 cm³/mol. The van der Waals surface area contributed by atoms with Gasteiger partial charge in [0.15, 0.2) is 5.82 Å². The highest BCUT2D eigenvalue weighted by Crippen LogP contribution is 2.27. The number of hydrogen-bond acceptors (Lipinski definition) is 5. The Labute approximate surface area is 123 Å². The van der Waals surface area contributed by atoms with Gasteiger partial charge in [0.1, 0.15) is 0 Å². The first kappa shape index (κ1) is 13.8. The van der Waals surface area contributed by atoms with Crippen molar-refractivity contribution >= 4 is 11.3 Å². The lowest BCUT2D eigenvalue weighted by Crippen LogP contribution is -2.33. The minimum Gasteiger partial charge on any atom is -0.339 e. The van der Waals surface area contributed by atoms with E-state index in [9.17, 15) is 0 Å². The molecule has 1 aliphatic heterocycles. The van der Waals surface area contributed by atoms with Crippen LogP contribution in [0.15, 0.2) is 21.3 Å². The van der Waals surface area contributed by atoms with Crippen LogP contribution in [-0.2, 0) is 6.54 Å². The fourth-order valence-electron chi connectivity index (χ4n) is 2.69. The normalized spacial score (nSPS) is 20.6. The van der Waals surface area contributed by atoms with Gasteiger partial charge < -0.3 is 4.52 Å². The van der Waals surface area contributed by atoms with Gasteiger partial charge in [-0.05, 0) is 41.8 Å². The molecule has 0 saturated carbocycles. The van der Waals surface area contributed by atoms with Crippen molar-refractivity contribution in [3.05, 3.63) is 34.1 Å². The molecule has 0 bridgehead atoms. The van der Waals surface area contributed by atoms with Crippen LogP contribution >= 0.6 is 11.3 Å². The van der Waals surface area contributed by atoms with E-state index in [2.05, 4.69) is 45.7 Å². The summed E-state index contributed by atoms with van der Waals surface area (Å²) >= 11 is 1.76. The van der Waals surface area contributed by atoms with Gasteiger partial charge in [0.25, 0.3) is 0 Å². The van der Waals surface area contributed by atoms with E-state index in [1.807, 2.05) is 0 Å². The van der Waals surface area contributed by atoms with Crippen molar-refractivity contribution in [2.24, 2.45) is 0 Å². The van der Waals surface area contributed by atoms with Crippen molar-refractivity contribution in [1.82, 2.24) is 15.0 Å². The summed E-state index contributed by atoms with van der Waals surface area (Å²) in [5, 5.41) is 8.46. The smallest absolute Gasteiger partial charge is 0.231 e. The van der Waals surface area contributed by atoms with Crippen LogP contribution in [0.25, 0.3) is 0 Å². The van der Waals surface area contributed by atoms with Crippen molar-refractivity contribution in [1.29, 1.82) is 0 Å². The molecule has 1 fully saturated rings. The molecule has 1 aliphatic rings. The van der Waals surface area contributed by atoms with Crippen molar-refractivity contribution in [3.63, 3.8) is 0 Å². The molecule has 5 heteroatoms. The minimum atomic E-state index is 0.331. The summed E-state index contributed by atoms with van der Waals surface area (Å²) in [5.41, 5.74) is 1.41. The van der Waals surface area contributed by atoms with Gasteiger partial charge in [-0.15, -0.1) is 0 Å². The molecule has 20 heavy (non-hydrogen) atoms. The highest BCUT2D eigenvalue weighted by molar-refractivity contribution is 7.07. The fraction of sp³-hybridized carbons (Fsp3) is 0.600. The summed E-state index contributed by atoms with van der Waals surface area (Å²) < 4.78 is 5.46. The molecule has 2 aromatic rings. The third kappa shape index (κ3) is 3.10. The number of thiophene rings is 1. The van der Waals surface area contributed by atoms with Crippen molar-refractivity contribution in [3.8, 4) is 0 Å². The molecule has 0 N–H and O–H groups in total. The molecule has 1 saturated heterocycles. The molecule has 0 radical (unpaired) electrons. The summed E-state index contributed by atoms with van der Waals surface area (Å²) in [6.07, 6.45) is 2.36. The van der Waals surface area contributed by atoms with Crippen LogP contribution in [0, 0.1) is 0 Å². The van der Waals surface area contributed by atoms with Crippen LogP contribution in [0.4, 0.5) is 0 Å². The number of nitrogens with zero attached hydrogens (tertiary/aromatic N) is 3. The second-order valence-corrected chi connectivity index (χ2v) is 6.63. The van der Waals surface area contributed by atoms with Crippen LogP contribution in [0.5, 0.6) is 0 Å². The Kier molecular flexibility index (Phi) is 4.17. The Hall–Kier alpha value is -1.20. The summed E-state index contributed by atoms with van der Waals surface area (Å²) in [6.45, 7) is 7.41. The van der Waals surface area contributed by atoms with Crippen LogP contribution in [0.2, 0.25) is 0 Å². The van der Waals surface area contributed by atoms with Gasteiger partial charge in [0.2, 0.25) is 5.89 Å². The monoisotopic (exact) mass is 291 g/mol. The summed E-state index contributed by atoms with van der Waals surface area (Å²) in [4.78, 5) is 7.06. The lowest BCUT2D eigenvalue weighted by atomic mass is 9.97. The van der Waals surface area contributed by atoms with E-state index >= 15 is 0 Å². The van der Waals surface area contributed by atoms with Crippen LogP contribution in [-0.4, -0.2) is 28.1 Å². The molecule has 1 atom stereocenters. The molecule has 0 spiro atoms.